The van der Waals surface area contributed by atoms with E-state index in [0.717, 1.165) is 171 Å². The number of aldehydes is 2. The summed E-state index contributed by atoms with van der Waals surface area (Å²) in [6.45, 7) is 17.8. The number of hydrogen-bond donors (Lipinski definition) is 8. The van der Waals surface area contributed by atoms with E-state index in [1.165, 1.54) is 0 Å². The van der Waals surface area contributed by atoms with Crippen LogP contribution in [-0.2, 0) is 66.4 Å². The molecule has 8 N–H and O–H groups in total. The molecule has 102 heavy (non-hydrogen) atoms. The maximum atomic E-state index is 13.5. The molecular weight excluding hydrogens is 1360 g/mol. The summed E-state index contributed by atoms with van der Waals surface area (Å²) in [5.41, 5.74) is 15.6. The highest BCUT2D eigenvalue weighted by Crippen LogP contribution is 2.35. The third kappa shape index (κ3) is 18.8. The van der Waals surface area contributed by atoms with E-state index in [-0.39, 0.29) is 54.0 Å². The first kappa shape index (κ1) is 75.2. The summed E-state index contributed by atoms with van der Waals surface area (Å²) in [4.78, 5) is 84.7. The molecule has 1 saturated carbocycles. The molecule has 6 heterocycles. The molecule has 2 aliphatic heterocycles. The average molecular weight is 1450 g/mol. The van der Waals surface area contributed by atoms with Crippen LogP contribution >= 0.6 is 15.9 Å². The molecule has 0 spiro atoms. The number of ether oxygens (including phenoxy) is 2. The van der Waals surface area contributed by atoms with Crippen molar-refractivity contribution < 1.29 is 48.3 Å². The minimum Gasteiger partial charge on any atom is -0.427 e. The topological polar surface area (TPSA) is 295 Å². The molecule has 12 rings (SSSR count). The van der Waals surface area contributed by atoms with Crippen molar-refractivity contribution in [3.63, 3.8) is 0 Å². The Morgan fingerprint density at radius 3 is 1.47 bits per heavy atom. The summed E-state index contributed by atoms with van der Waals surface area (Å²) in [7, 11) is -1.24. The average Bonchev–Trinajstić information content (AvgIpc) is 1.59. The van der Waals surface area contributed by atoms with Gasteiger partial charge >= 0.3 is 7.12 Å². The van der Waals surface area contributed by atoms with Crippen LogP contribution in [0.1, 0.15) is 176 Å². The fourth-order valence-electron chi connectivity index (χ4n) is 13.4. The van der Waals surface area contributed by atoms with Crippen molar-refractivity contribution in [2.45, 2.75) is 163 Å². The van der Waals surface area contributed by atoms with E-state index in [9.17, 15) is 28.8 Å². The minimum atomic E-state index is -1.24. The summed E-state index contributed by atoms with van der Waals surface area (Å²) in [5, 5.41) is 48.3. The number of halogens is 1. The quantitative estimate of drug-likeness (QED) is 0.0206. The number of aromatic nitrogens is 6. The Morgan fingerprint density at radius 1 is 0.569 bits per heavy atom. The van der Waals surface area contributed by atoms with E-state index < -0.39 is 7.12 Å². The smallest absolute Gasteiger partial charge is 0.427 e. The van der Waals surface area contributed by atoms with Gasteiger partial charge in [0.15, 0.2) is 11.3 Å². The molecule has 9 aromatic rings. The first-order valence-corrected chi connectivity index (χ1v) is 36.3. The molecule has 2 saturated heterocycles. The van der Waals surface area contributed by atoms with Gasteiger partial charge in [-0.1, -0.05) is 103 Å². The molecular formula is C78H92BBrN12O10. The monoisotopic (exact) mass is 1450 g/mol. The SMILES string of the molecule is CCc1nc2c(cnn2CC)c(NC2CCOCC2)c1CNC(=O)c1cccc(C(=O)NCc2cccc(-c3cccc(C=O)c3)c2C)c1.CCc1nc2c(cnn2CC)c(NC2CCOCC2)c1CNC(=O)c1cccc(C(=O)NCc2cccc(Br)c2C)c1.O=CC1CCCC(B(O)O)C1. The van der Waals surface area contributed by atoms with Crippen molar-refractivity contribution >= 4 is 92.7 Å². The molecule has 5 aromatic carbocycles. The summed E-state index contributed by atoms with van der Waals surface area (Å²) in [5.74, 6) is -1.08. The first-order valence-electron chi connectivity index (χ1n) is 35.5. The number of benzene rings is 5. The van der Waals surface area contributed by atoms with Gasteiger partial charge in [0.1, 0.15) is 12.6 Å². The van der Waals surface area contributed by atoms with Crippen LogP contribution in [0.25, 0.3) is 33.2 Å². The van der Waals surface area contributed by atoms with Crippen LogP contribution in [0.5, 0.6) is 0 Å². The molecule has 2 atom stereocenters. The predicted molar refractivity (Wildman–Crippen MR) is 400 cm³/mol. The van der Waals surface area contributed by atoms with Gasteiger partial charge in [0.25, 0.3) is 23.6 Å². The first-order chi connectivity index (χ1) is 49.5. The van der Waals surface area contributed by atoms with Gasteiger partial charge in [-0.2, -0.15) is 10.2 Å². The third-order valence-corrected chi connectivity index (χ3v) is 20.2. The van der Waals surface area contributed by atoms with Crippen LogP contribution < -0.4 is 31.9 Å². The number of anilines is 2. The number of carbonyl (C=O) groups excluding carboxylic acids is 6. The number of rotatable bonds is 24. The van der Waals surface area contributed by atoms with E-state index in [4.69, 9.17) is 29.5 Å². The highest BCUT2D eigenvalue weighted by molar-refractivity contribution is 9.10. The molecule has 0 bridgehead atoms. The zero-order valence-electron chi connectivity index (χ0n) is 59.0. The maximum Gasteiger partial charge on any atom is 0.454 e. The molecule has 3 aliphatic rings. The van der Waals surface area contributed by atoms with Gasteiger partial charge < -0.3 is 56.2 Å². The van der Waals surface area contributed by atoms with Crippen LogP contribution in [-0.4, -0.2) is 121 Å². The minimum absolute atomic E-state index is 0.0514. The normalized spacial score (nSPS) is 15.4. The summed E-state index contributed by atoms with van der Waals surface area (Å²) in [6, 6.07) is 33.4. The van der Waals surface area contributed by atoms with Crippen LogP contribution in [0.3, 0.4) is 0 Å². The predicted octanol–water partition coefficient (Wildman–Crippen LogP) is 12.0. The second-order valence-corrected chi connectivity index (χ2v) is 26.8. The van der Waals surface area contributed by atoms with Crippen LogP contribution in [0, 0.1) is 19.8 Å². The summed E-state index contributed by atoms with van der Waals surface area (Å²) < 4.78 is 16.0. The molecule has 0 radical (unpaired) electrons. The molecule has 22 nitrogen and oxygen atoms in total. The number of carbonyl (C=O) groups is 6. The van der Waals surface area contributed by atoms with Gasteiger partial charge in [-0.3, -0.25) is 24.0 Å². The molecule has 24 heteroatoms. The van der Waals surface area contributed by atoms with Gasteiger partial charge in [0, 0.05) is 139 Å². The largest absolute Gasteiger partial charge is 0.454 e. The van der Waals surface area contributed by atoms with Crippen molar-refractivity contribution in [3.05, 3.63) is 199 Å². The lowest BCUT2D eigenvalue weighted by molar-refractivity contribution is -0.111. The lowest BCUT2D eigenvalue weighted by atomic mass is 9.63. The Hall–Kier alpha value is -9.46. The number of aryl methyl sites for hydroxylation is 4. The van der Waals surface area contributed by atoms with Crippen molar-refractivity contribution in [2.24, 2.45) is 5.92 Å². The molecule has 2 unspecified atom stereocenters. The summed E-state index contributed by atoms with van der Waals surface area (Å²) >= 11 is 3.53. The highest BCUT2D eigenvalue weighted by atomic mass is 79.9. The van der Waals surface area contributed by atoms with Gasteiger partial charge in [-0.15, -0.1) is 0 Å². The van der Waals surface area contributed by atoms with Crippen molar-refractivity contribution in [1.29, 1.82) is 0 Å². The van der Waals surface area contributed by atoms with E-state index in [1.807, 2.05) is 97.1 Å². The van der Waals surface area contributed by atoms with Gasteiger partial charge in [-0.25, -0.2) is 19.3 Å². The van der Waals surface area contributed by atoms with E-state index in [2.05, 4.69) is 78.8 Å². The van der Waals surface area contributed by atoms with E-state index >= 15 is 0 Å². The summed E-state index contributed by atoms with van der Waals surface area (Å²) in [6.07, 6.45) is 13.8. The Bertz CT molecular complexity index is 4430. The van der Waals surface area contributed by atoms with E-state index in [1.54, 1.807) is 54.6 Å². The highest BCUT2D eigenvalue weighted by Gasteiger charge is 2.30. The maximum absolute atomic E-state index is 13.5. The lowest BCUT2D eigenvalue weighted by Gasteiger charge is -2.26. The number of nitrogens with zero attached hydrogens (tertiary/aromatic N) is 6. The Labute approximate surface area is 604 Å². The second-order valence-electron chi connectivity index (χ2n) is 26.0. The second kappa shape index (κ2) is 36.4. The molecule has 534 valence electrons. The standard InChI is InChI=1S/C39H42N6O4.C32H37BrN6O3.C7H13BO3/c1-4-35-33(36(43-31-15-17-49-18-16-31)34-23-42-45(5-2)37(34)44-35)22-41-39(48)29-12-7-11-28(20-29)38(47)40-21-30-13-8-14-32(25(30)3)27-10-6-9-26(19-27)24-46;1-4-28-25(29(37-24-12-14-42-15-13-24)26-19-36-39(5-2)30(26)38-28)18-35-32(41)22-9-6-8-21(16-22)31(40)34-17-23-10-7-11-27(33)20(23)3;9-5-6-2-1-3-7(4-6)8(10)11/h6-14,19-20,23-24,31H,4-5,15-18,21-22H2,1-3H3,(H,40,47)(H,41,48)(H,43,44);6-11,16,19,24H,4-5,12-15,17-18H2,1-3H3,(H,34,40)(H,35,41)(H,37,38);5-7,10-11H,1-4H2. The van der Waals surface area contributed by atoms with Crippen molar-refractivity contribution in [1.82, 2.24) is 50.8 Å². The van der Waals surface area contributed by atoms with Gasteiger partial charge in [-0.05, 0) is 167 Å². The Balaban J connectivity index is 0.000000192. The Morgan fingerprint density at radius 2 is 1.02 bits per heavy atom. The third-order valence-electron chi connectivity index (χ3n) is 19.4. The number of pyridine rings is 2. The molecule has 1 aliphatic carbocycles. The van der Waals surface area contributed by atoms with Crippen LogP contribution in [0.2, 0.25) is 5.82 Å². The molecule has 4 amide bonds. The molecule has 4 aromatic heterocycles. The number of fused-ring (bicyclic) bond motifs is 2. The van der Waals surface area contributed by atoms with Gasteiger partial charge in [0.05, 0.1) is 34.5 Å². The van der Waals surface area contributed by atoms with Crippen molar-refractivity contribution in [3.8, 4) is 11.1 Å². The zero-order chi connectivity index (χ0) is 72.2. The fourth-order valence-corrected chi connectivity index (χ4v) is 13.8. The van der Waals surface area contributed by atoms with Gasteiger partial charge in [0.2, 0.25) is 0 Å². The number of nitrogens with one attached hydrogen (secondary N) is 6. The van der Waals surface area contributed by atoms with Crippen molar-refractivity contribution in [2.75, 3.05) is 37.1 Å². The Kier molecular flexibility index (Phi) is 26.9. The molecule has 3 fully saturated rings. The number of amides is 4. The number of hydrogen-bond acceptors (Lipinski definition) is 16. The van der Waals surface area contributed by atoms with Crippen LogP contribution in [0.4, 0.5) is 11.4 Å². The van der Waals surface area contributed by atoms with Crippen LogP contribution in [0.15, 0.2) is 126 Å². The van der Waals surface area contributed by atoms with E-state index in [0.29, 0.717) is 86.5 Å². The lowest BCUT2D eigenvalue weighted by Crippen LogP contribution is -2.30. The fraction of sp³-hybridized carbons (Fsp3) is 0.385. The zero-order valence-corrected chi connectivity index (χ0v) is 60.5.